The Labute approximate surface area is 214 Å². The van der Waals surface area contributed by atoms with Crippen LogP contribution in [0, 0.1) is 17.2 Å². The molecule has 1 spiro atoms. The number of carbonyl (C=O) groups is 1. The number of amides is 2. The van der Waals surface area contributed by atoms with Gasteiger partial charge < -0.3 is 20.1 Å². The first kappa shape index (κ1) is 24.9. The van der Waals surface area contributed by atoms with E-state index >= 15 is 0 Å². The monoisotopic (exact) mass is 490 g/mol. The number of nitrogens with one attached hydrogen (secondary N) is 1. The van der Waals surface area contributed by atoms with E-state index in [1.807, 2.05) is 29.8 Å². The molecule has 1 aliphatic heterocycles. The maximum Gasteiger partial charge on any atom is 0.325 e. The van der Waals surface area contributed by atoms with Crippen LogP contribution >= 0.6 is 0 Å². The number of carbonyl (C=O) groups excluding carboxylic acids is 1. The SMILES string of the molecule is CNC1(c2ccccc2)CCC2(CC1)CN(C1=C(OC)C=C(C#N)C(C)C1)C(=O)N2CC1(O)CCC1. The average molecular weight is 491 g/mol. The van der Waals surface area contributed by atoms with Gasteiger partial charge in [-0.1, -0.05) is 37.3 Å². The molecule has 4 aliphatic rings. The van der Waals surface area contributed by atoms with Gasteiger partial charge in [0.25, 0.3) is 0 Å². The smallest absolute Gasteiger partial charge is 0.325 e. The van der Waals surface area contributed by atoms with Crippen LogP contribution in [0.4, 0.5) is 4.79 Å². The summed E-state index contributed by atoms with van der Waals surface area (Å²) in [4.78, 5) is 17.9. The van der Waals surface area contributed by atoms with E-state index in [-0.39, 0.29) is 23.0 Å². The van der Waals surface area contributed by atoms with E-state index in [0.717, 1.165) is 50.6 Å². The summed E-state index contributed by atoms with van der Waals surface area (Å²) in [6.45, 7) is 2.99. The van der Waals surface area contributed by atoms with Crippen molar-refractivity contribution in [2.24, 2.45) is 5.92 Å². The second kappa shape index (κ2) is 9.24. The standard InChI is InChI=1S/C29H38N4O3/c1-21-16-24(25(36-3)17-22(21)18-30)32-19-27(33(26(32)34)20-28(35)10-7-11-28)12-14-29(31-2,15-13-27)23-8-5-4-6-9-23/h4-6,8-9,17,21,31,35H,7,10-16,19-20H2,1-3H3. The molecular formula is C29H38N4O3. The van der Waals surface area contributed by atoms with E-state index in [4.69, 9.17) is 4.74 Å². The van der Waals surface area contributed by atoms with E-state index in [1.165, 1.54) is 5.56 Å². The van der Waals surface area contributed by atoms with Crippen LogP contribution in [-0.4, -0.2) is 59.3 Å². The number of hydrogen-bond donors (Lipinski definition) is 2. The molecule has 2 N–H and O–H groups in total. The van der Waals surface area contributed by atoms with E-state index in [2.05, 4.69) is 35.7 Å². The third-order valence-corrected chi connectivity index (χ3v) is 9.34. The van der Waals surface area contributed by atoms with Crippen LogP contribution in [0.1, 0.15) is 63.9 Å². The Morgan fingerprint density at radius 2 is 1.86 bits per heavy atom. The van der Waals surface area contributed by atoms with Crippen molar-refractivity contribution < 1.29 is 14.6 Å². The van der Waals surface area contributed by atoms with Gasteiger partial charge in [-0.25, -0.2) is 4.79 Å². The van der Waals surface area contributed by atoms with Gasteiger partial charge in [0.05, 0.1) is 43.1 Å². The van der Waals surface area contributed by atoms with E-state index < -0.39 is 5.60 Å². The minimum atomic E-state index is -0.790. The van der Waals surface area contributed by atoms with Crippen LogP contribution in [-0.2, 0) is 10.3 Å². The molecule has 0 aromatic heterocycles. The third-order valence-electron chi connectivity index (χ3n) is 9.34. The number of ether oxygens (including phenoxy) is 1. The number of benzene rings is 1. The maximum absolute atomic E-state index is 14.1. The largest absolute Gasteiger partial charge is 0.495 e. The quantitative estimate of drug-likeness (QED) is 0.617. The zero-order chi connectivity index (χ0) is 25.6. The predicted octanol–water partition coefficient (Wildman–Crippen LogP) is 4.41. The summed E-state index contributed by atoms with van der Waals surface area (Å²) in [5.41, 5.74) is 1.56. The summed E-state index contributed by atoms with van der Waals surface area (Å²) in [6.07, 6.45) is 8.40. The Bertz CT molecular complexity index is 1110. The van der Waals surface area contributed by atoms with Gasteiger partial charge in [0, 0.05) is 11.1 Å². The zero-order valence-electron chi connectivity index (χ0n) is 21.7. The summed E-state index contributed by atoms with van der Waals surface area (Å²) in [5, 5.41) is 24.3. The van der Waals surface area contributed by atoms with Crippen molar-refractivity contribution in [3.05, 3.63) is 59.0 Å². The summed E-state index contributed by atoms with van der Waals surface area (Å²) in [6, 6.07) is 12.8. The molecule has 5 rings (SSSR count). The molecule has 0 radical (unpaired) electrons. The lowest BCUT2D eigenvalue weighted by molar-refractivity contribution is -0.0690. The van der Waals surface area contributed by atoms with Gasteiger partial charge in [-0.05, 0) is 76.0 Å². The Balaban J connectivity index is 1.48. The van der Waals surface area contributed by atoms with Crippen LogP contribution in [0.5, 0.6) is 0 Å². The summed E-state index contributed by atoms with van der Waals surface area (Å²) >= 11 is 0. The molecule has 2 saturated carbocycles. The first-order valence-corrected chi connectivity index (χ1v) is 13.2. The van der Waals surface area contributed by atoms with Gasteiger partial charge in [-0.15, -0.1) is 0 Å². The second-order valence-corrected chi connectivity index (χ2v) is 11.3. The number of methoxy groups -OCH3 is 1. The molecule has 1 aromatic rings. The number of aliphatic hydroxyl groups is 1. The molecule has 1 atom stereocenters. The fourth-order valence-corrected chi connectivity index (χ4v) is 6.72. The summed E-state index contributed by atoms with van der Waals surface area (Å²) in [7, 11) is 3.63. The second-order valence-electron chi connectivity index (χ2n) is 11.3. The van der Waals surface area contributed by atoms with Crippen molar-refractivity contribution in [2.45, 2.75) is 75.0 Å². The summed E-state index contributed by atoms with van der Waals surface area (Å²) in [5.74, 6) is 0.626. The first-order chi connectivity index (χ1) is 17.3. The third kappa shape index (κ3) is 4.01. The van der Waals surface area contributed by atoms with Gasteiger partial charge >= 0.3 is 6.03 Å². The van der Waals surface area contributed by atoms with Crippen LogP contribution in [0.25, 0.3) is 0 Å². The number of hydrogen-bond acceptors (Lipinski definition) is 5. The number of rotatable bonds is 6. The normalized spacial score (nSPS) is 31.8. The number of nitriles is 1. The van der Waals surface area contributed by atoms with Crippen molar-refractivity contribution in [3.63, 3.8) is 0 Å². The lowest BCUT2D eigenvalue weighted by atomic mass is 9.68. The number of allylic oxidation sites excluding steroid dienone is 3. The minimum absolute atomic E-state index is 0.0268. The maximum atomic E-state index is 14.1. The van der Waals surface area contributed by atoms with Gasteiger partial charge in [0.15, 0.2) is 0 Å². The fourth-order valence-electron chi connectivity index (χ4n) is 6.72. The lowest BCUT2D eigenvalue weighted by Crippen LogP contribution is -2.59. The molecule has 192 valence electrons. The van der Waals surface area contributed by atoms with E-state index in [1.54, 1.807) is 13.2 Å². The topological polar surface area (TPSA) is 88.8 Å². The molecule has 1 heterocycles. The highest BCUT2D eigenvalue weighted by Gasteiger charge is 2.56. The summed E-state index contributed by atoms with van der Waals surface area (Å²) < 4.78 is 5.68. The van der Waals surface area contributed by atoms with Crippen LogP contribution in [0.3, 0.4) is 0 Å². The highest BCUT2D eigenvalue weighted by Crippen LogP contribution is 2.49. The van der Waals surface area contributed by atoms with Gasteiger partial charge in [0.2, 0.25) is 0 Å². The molecule has 3 fully saturated rings. The van der Waals surface area contributed by atoms with Crippen molar-refractivity contribution in [1.29, 1.82) is 5.26 Å². The van der Waals surface area contributed by atoms with Crippen molar-refractivity contribution >= 4 is 6.03 Å². The van der Waals surface area contributed by atoms with E-state index in [0.29, 0.717) is 30.8 Å². The molecule has 3 aliphatic carbocycles. The fraction of sp³-hybridized carbons (Fsp3) is 0.586. The van der Waals surface area contributed by atoms with Crippen LogP contribution < -0.4 is 5.32 Å². The Morgan fingerprint density at radius 1 is 1.17 bits per heavy atom. The number of β-amino-alcohol motifs (C(OH)–C–C–N with tert-alkyl or cyclic N) is 1. The zero-order valence-corrected chi connectivity index (χ0v) is 21.7. The Kier molecular flexibility index (Phi) is 6.38. The highest BCUT2D eigenvalue weighted by atomic mass is 16.5. The number of nitrogens with zero attached hydrogens (tertiary/aromatic N) is 3. The Hall–Kier alpha value is -2.82. The first-order valence-electron chi connectivity index (χ1n) is 13.2. The molecule has 7 heteroatoms. The molecule has 1 unspecified atom stereocenters. The number of urea groups is 1. The molecule has 0 bridgehead atoms. The Morgan fingerprint density at radius 3 is 2.42 bits per heavy atom. The molecule has 36 heavy (non-hydrogen) atoms. The minimum Gasteiger partial charge on any atom is -0.495 e. The van der Waals surface area contributed by atoms with Crippen molar-refractivity contribution in [3.8, 4) is 6.07 Å². The molecule has 7 nitrogen and oxygen atoms in total. The predicted molar refractivity (Wildman–Crippen MR) is 137 cm³/mol. The van der Waals surface area contributed by atoms with Crippen molar-refractivity contribution in [1.82, 2.24) is 15.1 Å². The van der Waals surface area contributed by atoms with E-state index in [9.17, 15) is 15.2 Å². The highest BCUT2D eigenvalue weighted by molar-refractivity contribution is 5.81. The molecule has 1 saturated heterocycles. The lowest BCUT2D eigenvalue weighted by Gasteiger charge is -2.50. The molecular weight excluding hydrogens is 452 g/mol. The van der Waals surface area contributed by atoms with Crippen LogP contribution in [0.15, 0.2) is 53.4 Å². The van der Waals surface area contributed by atoms with Crippen LogP contribution in [0.2, 0.25) is 0 Å². The van der Waals surface area contributed by atoms with Crippen molar-refractivity contribution in [2.75, 3.05) is 27.2 Å². The molecule has 2 amide bonds. The van der Waals surface area contributed by atoms with Gasteiger partial charge in [0.1, 0.15) is 5.76 Å². The average Bonchev–Trinajstić information content (AvgIpc) is 3.15. The van der Waals surface area contributed by atoms with Gasteiger partial charge in [-0.3, -0.25) is 4.90 Å². The van der Waals surface area contributed by atoms with Gasteiger partial charge in [-0.2, -0.15) is 5.26 Å². The molecule has 1 aromatic carbocycles.